The highest BCUT2D eigenvalue weighted by Gasteiger charge is 2.28. The molecular weight excluding hydrogens is 388 g/mol. The maximum atomic E-state index is 4.39. The number of hydrogen-bond acceptors (Lipinski definition) is 6. The summed E-state index contributed by atoms with van der Waals surface area (Å²) in [5.41, 5.74) is 8.85. The average molecular weight is 410 g/mol. The fourth-order valence-corrected chi connectivity index (χ4v) is 4.26. The first-order valence-electron chi connectivity index (χ1n) is 10.3. The van der Waals surface area contributed by atoms with Crippen molar-refractivity contribution in [2.75, 3.05) is 16.5 Å². The van der Waals surface area contributed by atoms with Crippen molar-refractivity contribution in [3.8, 4) is 0 Å². The van der Waals surface area contributed by atoms with Crippen LogP contribution in [0, 0.1) is 13.8 Å². The largest absolute Gasteiger partial charge is 0.332 e. The van der Waals surface area contributed by atoms with Crippen LogP contribution in [-0.4, -0.2) is 36.7 Å². The number of rotatable bonds is 4. The average Bonchev–Trinajstić information content (AvgIpc) is 3.47. The second kappa shape index (κ2) is 6.80. The third-order valence-electron chi connectivity index (χ3n) is 6.06. The van der Waals surface area contributed by atoms with Gasteiger partial charge in [0.15, 0.2) is 0 Å². The molecule has 154 valence electrons. The molecule has 0 radical (unpaired) electrons. The molecule has 0 bridgehead atoms. The molecule has 2 aromatic heterocycles. The van der Waals surface area contributed by atoms with E-state index in [1.54, 1.807) is 0 Å². The third kappa shape index (κ3) is 2.91. The number of aryl methyl sites for hydroxylation is 2. The van der Waals surface area contributed by atoms with E-state index in [0.717, 1.165) is 28.7 Å². The Morgan fingerprint density at radius 3 is 1.61 bits per heavy atom. The Morgan fingerprint density at radius 2 is 1.13 bits per heavy atom. The predicted molar refractivity (Wildman–Crippen MR) is 121 cm³/mol. The van der Waals surface area contributed by atoms with Gasteiger partial charge in [-0.3, -0.25) is 0 Å². The van der Waals surface area contributed by atoms with Crippen LogP contribution in [0.2, 0.25) is 0 Å². The van der Waals surface area contributed by atoms with Crippen LogP contribution in [0.1, 0.15) is 11.1 Å². The molecule has 3 heterocycles. The van der Waals surface area contributed by atoms with E-state index in [-0.39, 0.29) is 0 Å². The Bertz CT molecular complexity index is 1310. The van der Waals surface area contributed by atoms with Crippen LogP contribution in [0.5, 0.6) is 0 Å². The Kier molecular flexibility index (Phi) is 3.92. The summed E-state index contributed by atoms with van der Waals surface area (Å²) in [5, 5.41) is 17.4. The van der Waals surface area contributed by atoms with E-state index in [9.17, 15) is 0 Å². The van der Waals surface area contributed by atoms with E-state index < -0.39 is 0 Å². The summed E-state index contributed by atoms with van der Waals surface area (Å²) < 4.78 is 3.92. The third-order valence-corrected chi connectivity index (χ3v) is 6.06. The Morgan fingerprint density at radius 1 is 0.677 bits per heavy atom. The summed E-state index contributed by atoms with van der Waals surface area (Å²) in [7, 11) is 0. The lowest BCUT2D eigenvalue weighted by Crippen LogP contribution is -2.34. The number of hydrogen-bond donors (Lipinski definition) is 0. The molecule has 31 heavy (non-hydrogen) atoms. The van der Waals surface area contributed by atoms with Crippen molar-refractivity contribution in [3.05, 3.63) is 71.8 Å². The molecule has 3 aromatic carbocycles. The van der Waals surface area contributed by atoms with E-state index in [2.05, 4.69) is 68.5 Å². The van der Waals surface area contributed by atoms with Crippen molar-refractivity contribution < 1.29 is 0 Å². The van der Waals surface area contributed by atoms with Gasteiger partial charge in [0.1, 0.15) is 24.4 Å². The molecule has 0 fully saturated rings. The van der Waals surface area contributed by atoms with Crippen LogP contribution in [0.15, 0.2) is 60.7 Å². The Hall–Kier alpha value is -3.94. The first-order valence-corrected chi connectivity index (χ1v) is 10.3. The predicted octanol–water partition coefficient (Wildman–Crippen LogP) is 3.69. The minimum atomic E-state index is 0.630. The lowest BCUT2D eigenvalue weighted by Gasteiger charge is -2.21. The zero-order chi connectivity index (χ0) is 20.9. The van der Waals surface area contributed by atoms with Gasteiger partial charge < -0.3 is 9.80 Å². The molecule has 6 rings (SSSR count). The Labute approximate surface area is 179 Å². The maximum absolute atomic E-state index is 4.39. The molecule has 0 saturated carbocycles. The van der Waals surface area contributed by atoms with Crippen LogP contribution < -0.4 is 9.80 Å². The summed E-state index contributed by atoms with van der Waals surface area (Å²) in [4.78, 5) is 4.67. The van der Waals surface area contributed by atoms with Crippen LogP contribution in [0.3, 0.4) is 0 Å². The molecule has 0 atom stereocenters. The van der Waals surface area contributed by atoms with E-state index in [1.165, 1.54) is 22.5 Å². The van der Waals surface area contributed by atoms with Crippen LogP contribution >= 0.6 is 0 Å². The van der Waals surface area contributed by atoms with Gasteiger partial charge in [-0.15, -0.1) is 10.2 Å². The molecule has 8 heteroatoms. The number of benzene rings is 3. The number of aromatic nitrogens is 6. The van der Waals surface area contributed by atoms with E-state index in [4.69, 9.17) is 0 Å². The minimum absolute atomic E-state index is 0.630. The molecule has 0 amide bonds. The van der Waals surface area contributed by atoms with Gasteiger partial charge in [-0.05, 0) is 61.4 Å². The van der Waals surface area contributed by atoms with Gasteiger partial charge >= 0.3 is 0 Å². The van der Waals surface area contributed by atoms with Crippen molar-refractivity contribution in [2.45, 2.75) is 27.2 Å². The van der Waals surface area contributed by atoms with E-state index in [0.29, 0.717) is 13.3 Å². The van der Waals surface area contributed by atoms with Gasteiger partial charge in [0.2, 0.25) is 0 Å². The monoisotopic (exact) mass is 410 g/mol. The van der Waals surface area contributed by atoms with Gasteiger partial charge in [0.25, 0.3) is 0 Å². The van der Waals surface area contributed by atoms with Crippen LogP contribution in [0.4, 0.5) is 11.4 Å². The van der Waals surface area contributed by atoms with Crippen molar-refractivity contribution in [2.24, 2.45) is 0 Å². The molecule has 8 nitrogen and oxygen atoms in total. The lowest BCUT2D eigenvalue weighted by atomic mass is 10.1. The first-order chi connectivity index (χ1) is 15.2. The highest BCUT2D eigenvalue weighted by atomic mass is 15.5. The van der Waals surface area contributed by atoms with Crippen molar-refractivity contribution in [1.82, 2.24) is 30.0 Å². The number of anilines is 2. The SMILES string of the molecule is Cc1cc2c(cc1C)N(Cn1nnc3ccccc31)CN2Cn1nnc2ccccc21. The molecule has 0 spiro atoms. The first kappa shape index (κ1) is 17.9. The number of nitrogens with zero attached hydrogens (tertiary/aromatic N) is 8. The smallest absolute Gasteiger partial charge is 0.116 e. The summed E-state index contributed by atoms with van der Waals surface area (Å²) in [6.45, 7) is 6.31. The number of para-hydroxylation sites is 2. The molecular formula is C23H22N8. The topological polar surface area (TPSA) is 67.9 Å². The fourth-order valence-electron chi connectivity index (χ4n) is 4.26. The normalized spacial score (nSPS) is 13.5. The van der Waals surface area contributed by atoms with Gasteiger partial charge in [0, 0.05) is 0 Å². The second-order valence-corrected chi connectivity index (χ2v) is 8.08. The summed E-state index contributed by atoms with van der Waals surface area (Å²) in [6.07, 6.45) is 0. The van der Waals surface area contributed by atoms with Crippen molar-refractivity contribution in [3.63, 3.8) is 0 Å². The molecule has 5 aromatic rings. The fraction of sp³-hybridized carbons (Fsp3) is 0.217. The minimum Gasteiger partial charge on any atom is -0.332 e. The molecule has 0 N–H and O–H groups in total. The summed E-state index contributed by atoms with van der Waals surface area (Å²) >= 11 is 0. The van der Waals surface area contributed by atoms with Gasteiger partial charge in [0.05, 0.1) is 29.1 Å². The molecule has 0 aliphatic carbocycles. The summed E-state index contributed by atoms with van der Waals surface area (Å²) in [5.74, 6) is 0. The van der Waals surface area contributed by atoms with Crippen molar-refractivity contribution >= 4 is 33.4 Å². The lowest BCUT2D eigenvalue weighted by molar-refractivity contribution is 0.542. The van der Waals surface area contributed by atoms with Crippen molar-refractivity contribution in [1.29, 1.82) is 0 Å². The molecule has 0 saturated heterocycles. The molecule has 1 aliphatic rings. The zero-order valence-electron chi connectivity index (χ0n) is 17.5. The van der Waals surface area contributed by atoms with E-state index in [1.807, 2.05) is 45.8 Å². The molecule has 0 unspecified atom stereocenters. The highest BCUT2D eigenvalue weighted by molar-refractivity contribution is 5.79. The Balaban J connectivity index is 1.37. The standard InChI is InChI=1S/C23H22N8/c1-16-11-22-23(12-17(16)2)29(15-31-21-10-6-4-8-19(21)25-27-31)13-28(22)14-30-20-9-5-3-7-18(20)24-26-30/h3-12H,13-15H2,1-2H3. The molecule has 1 aliphatic heterocycles. The second-order valence-electron chi connectivity index (χ2n) is 8.08. The quantitative estimate of drug-likeness (QED) is 0.450. The van der Waals surface area contributed by atoms with Gasteiger partial charge in [-0.1, -0.05) is 34.7 Å². The summed E-state index contributed by atoms with van der Waals surface area (Å²) in [6, 6.07) is 20.7. The van der Waals surface area contributed by atoms with Gasteiger partial charge in [-0.2, -0.15) is 0 Å². The zero-order valence-corrected chi connectivity index (χ0v) is 17.5. The van der Waals surface area contributed by atoms with Crippen LogP contribution in [-0.2, 0) is 13.3 Å². The van der Waals surface area contributed by atoms with Gasteiger partial charge in [-0.25, -0.2) is 9.36 Å². The van der Waals surface area contributed by atoms with E-state index >= 15 is 0 Å². The van der Waals surface area contributed by atoms with Crippen LogP contribution in [0.25, 0.3) is 22.1 Å². The number of fused-ring (bicyclic) bond motifs is 3. The highest BCUT2D eigenvalue weighted by Crippen LogP contribution is 2.39. The maximum Gasteiger partial charge on any atom is 0.116 e.